The number of hydrogen-bond acceptors (Lipinski definition) is 2. The van der Waals surface area contributed by atoms with Gasteiger partial charge in [0.05, 0.1) is 6.21 Å². The molecule has 1 aliphatic rings. The van der Waals surface area contributed by atoms with Crippen molar-refractivity contribution in [3.63, 3.8) is 0 Å². The molecule has 0 spiro atoms. The van der Waals surface area contributed by atoms with E-state index in [1.165, 1.54) is 24.0 Å². The standard InChI is InChI=1S/C11H19NO/c1-8(2)11-6-9(3)4-5-10(11)7-12-13/h7-9,13H,4-6H2,1-3H3/b12-7+. The first-order chi connectivity index (χ1) is 6.15. The first kappa shape index (κ1) is 10.3. The molecule has 1 aliphatic carbocycles. The van der Waals surface area contributed by atoms with E-state index in [1.54, 1.807) is 6.21 Å². The Balaban J connectivity index is 2.87. The molecule has 0 aromatic carbocycles. The largest absolute Gasteiger partial charge is 0.411 e. The van der Waals surface area contributed by atoms with Gasteiger partial charge >= 0.3 is 0 Å². The summed E-state index contributed by atoms with van der Waals surface area (Å²) in [5, 5.41) is 11.7. The number of oxime groups is 1. The monoisotopic (exact) mass is 181 g/mol. The van der Waals surface area contributed by atoms with E-state index >= 15 is 0 Å². The Morgan fingerprint density at radius 1 is 1.54 bits per heavy atom. The van der Waals surface area contributed by atoms with Gasteiger partial charge in [-0.2, -0.15) is 0 Å². The van der Waals surface area contributed by atoms with Gasteiger partial charge in [0.1, 0.15) is 0 Å². The molecule has 0 saturated heterocycles. The van der Waals surface area contributed by atoms with Crippen molar-refractivity contribution in [3.05, 3.63) is 11.1 Å². The molecule has 1 atom stereocenters. The Morgan fingerprint density at radius 3 is 2.77 bits per heavy atom. The van der Waals surface area contributed by atoms with Crippen LogP contribution < -0.4 is 0 Å². The Labute approximate surface area is 80.3 Å². The summed E-state index contributed by atoms with van der Waals surface area (Å²) < 4.78 is 0. The summed E-state index contributed by atoms with van der Waals surface area (Å²) in [5.74, 6) is 1.36. The molecule has 2 nitrogen and oxygen atoms in total. The van der Waals surface area contributed by atoms with Crippen molar-refractivity contribution in [2.24, 2.45) is 17.0 Å². The summed E-state index contributed by atoms with van der Waals surface area (Å²) >= 11 is 0. The zero-order valence-corrected chi connectivity index (χ0v) is 8.75. The fraction of sp³-hybridized carbons (Fsp3) is 0.727. The molecule has 2 heteroatoms. The lowest BCUT2D eigenvalue weighted by molar-refractivity contribution is 0.321. The molecular formula is C11H19NO. The quantitative estimate of drug-likeness (QED) is 0.396. The fourth-order valence-corrected chi connectivity index (χ4v) is 1.99. The van der Waals surface area contributed by atoms with Crippen LogP contribution in [-0.2, 0) is 0 Å². The zero-order chi connectivity index (χ0) is 9.84. The number of nitrogens with zero attached hydrogens (tertiary/aromatic N) is 1. The average molecular weight is 181 g/mol. The molecule has 0 bridgehead atoms. The second-order valence-corrected chi connectivity index (χ2v) is 4.30. The molecule has 13 heavy (non-hydrogen) atoms. The van der Waals surface area contributed by atoms with Crippen LogP contribution in [0.5, 0.6) is 0 Å². The summed E-state index contributed by atoms with van der Waals surface area (Å²) in [6.45, 7) is 6.70. The Kier molecular flexibility index (Phi) is 3.52. The highest BCUT2D eigenvalue weighted by molar-refractivity contribution is 5.79. The van der Waals surface area contributed by atoms with E-state index in [2.05, 4.69) is 25.9 Å². The molecule has 0 amide bonds. The van der Waals surface area contributed by atoms with Gasteiger partial charge in [0.2, 0.25) is 0 Å². The van der Waals surface area contributed by atoms with E-state index in [9.17, 15) is 0 Å². The molecule has 1 unspecified atom stereocenters. The lowest BCUT2D eigenvalue weighted by Gasteiger charge is -2.25. The van der Waals surface area contributed by atoms with Crippen LogP contribution in [0.4, 0.5) is 0 Å². The maximum atomic E-state index is 8.52. The second kappa shape index (κ2) is 4.45. The van der Waals surface area contributed by atoms with Crippen LogP contribution in [0.2, 0.25) is 0 Å². The van der Waals surface area contributed by atoms with Gasteiger partial charge in [-0.05, 0) is 36.7 Å². The maximum absolute atomic E-state index is 8.52. The Morgan fingerprint density at radius 2 is 2.23 bits per heavy atom. The van der Waals surface area contributed by atoms with E-state index < -0.39 is 0 Å². The van der Waals surface area contributed by atoms with Crippen molar-refractivity contribution in [2.45, 2.75) is 40.0 Å². The van der Waals surface area contributed by atoms with Crippen molar-refractivity contribution in [3.8, 4) is 0 Å². The van der Waals surface area contributed by atoms with E-state index in [0.717, 1.165) is 12.3 Å². The predicted molar refractivity (Wildman–Crippen MR) is 55.2 cm³/mol. The van der Waals surface area contributed by atoms with Gasteiger partial charge in [-0.1, -0.05) is 31.5 Å². The molecule has 0 heterocycles. The summed E-state index contributed by atoms with van der Waals surface area (Å²) in [5.41, 5.74) is 2.71. The molecule has 0 fully saturated rings. The van der Waals surface area contributed by atoms with Crippen molar-refractivity contribution in [1.82, 2.24) is 0 Å². The summed E-state index contributed by atoms with van der Waals surface area (Å²) in [6, 6.07) is 0. The van der Waals surface area contributed by atoms with Crippen molar-refractivity contribution in [1.29, 1.82) is 0 Å². The second-order valence-electron chi connectivity index (χ2n) is 4.30. The number of allylic oxidation sites excluding steroid dienone is 2. The van der Waals surface area contributed by atoms with Gasteiger partial charge in [0.25, 0.3) is 0 Å². The summed E-state index contributed by atoms with van der Waals surface area (Å²) in [7, 11) is 0. The van der Waals surface area contributed by atoms with Crippen molar-refractivity contribution in [2.75, 3.05) is 0 Å². The molecule has 74 valence electrons. The van der Waals surface area contributed by atoms with Crippen LogP contribution in [0.15, 0.2) is 16.3 Å². The third-order valence-corrected chi connectivity index (χ3v) is 2.80. The van der Waals surface area contributed by atoms with Gasteiger partial charge in [0, 0.05) is 0 Å². The molecule has 0 saturated carbocycles. The maximum Gasteiger partial charge on any atom is 0.0693 e. The molecule has 0 aliphatic heterocycles. The van der Waals surface area contributed by atoms with Gasteiger partial charge < -0.3 is 5.21 Å². The zero-order valence-electron chi connectivity index (χ0n) is 8.75. The Hall–Kier alpha value is -0.790. The third kappa shape index (κ3) is 2.58. The lowest BCUT2D eigenvalue weighted by Crippen LogP contribution is -2.12. The first-order valence-electron chi connectivity index (χ1n) is 5.04. The molecule has 0 radical (unpaired) electrons. The van der Waals surface area contributed by atoms with Crippen molar-refractivity contribution >= 4 is 6.21 Å². The van der Waals surface area contributed by atoms with Gasteiger partial charge in [-0.15, -0.1) is 0 Å². The van der Waals surface area contributed by atoms with Crippen LogP contribution in [0.3, 0.4) is 0 Å². The van der Waals surface area contributed by atoms with Crippen LogP contribution in [0, 0.1) is 11.8 Å². The van der Waals surface area contributed by atoms with Crippen molar-refractivity contribution < 1.29 is 5.21 Å². The highest BCUT2D eigenvalue weighted by Gasteiger charge is 2.18. The van der Waals surface area contributed by atoms with Crippen LogP contribution in [0.1, 0.15) is 40.0 Å². The number of rotatable bonds is 2. The SMILES string of the molecule is CC1CCC(/C=N/O)=C(C(C)C)C1. The predicted octanol–water partition coefficient (Wildman–Crippen LogP) is 3.22. The van der Waals surface area contributed by atoms with Crippen LogP contribution >= 0.6 is 0 Å². The minimum Gasteiger partial charge on any atom is -0.411 e. The van der Waals surface area contributed by atoms with E-state index in [1.807, 2.05) is 0 Å². The minimum atomic E-state index is 0.579. The molecule has 1 N–H and O–H groups in total. The smallest absolute Gasteiger partial charge is 0.0693 e. The number of hydrogen-bond donors (Lipinski definition) is 1. The topological polar surface area (TPSA) is 32.6 Å². The fourth-order valence-electron chi connectivity index (χ4n) is 1.99. The highest BCUT2D eigenvalue weighted by Crippen LogP contribution is 2.32. The average Bonchev–Trinajstić information content (AvgIpc) is 2.08. The van der Waals surface area contributed by atoms with Crippen LogP contribution in [-0.4, -0.2) is 11.4 Å². The van der Waals surface area contributed by atoms with E-state index in [4.69, 9.17) is 5.21 Å². The van der Waals surface area contributed by atoms with Gasteiger partial charge in [-0.25, -0.2) is 0 Å². The molecule has 1 rings (SSSR count). The third-order valence-electron chi connectivity index (χ3n) is 2.80. The molecule has 0 aromatic heterocycles. The summed E-state index contributed by atoms with van der Waals surface area (Å²) in [4.78, 5) is 0. The normalized spacial score (nSPS) is 24.8. The lowest BCUT2D eigenvalue weighted by atomic mass is 9.80. The van der Waals surface area contributed by atoms with Gasteiger partial charge in [0.15, 0.2) is 0 Å². The highest BCUT2D eigenvalue weighted by atomic mass is 16.4. The minimum absolute atomic E-state index is 0.579. The van der Waals surface area contributed by atoms with E-state index in [-0.39, 0.29) is 0 Å². The van der Waals surface area contributed by atoms with E-state index in [0.29, 0.717) is 5.92 Å². The first-order valence-corrected chi connectivity index (χ1v) is 5.04. The molecule has 0 aromatic rings. The Bertz CT molecular complexity index is 228. The van der Waals surface area contributed by atoms with Gasteiger partial charge in [-0.3, -0.25) is 0 Å². The molecular weight excluding hydrogens is 162 g/mol. The van der Waals surface area contributed by atoms with Crippen LogP contribution in [0.25, 0.3) is 0 Å². The summed E-state index contributed by atoms with van der Waals surface area (Å²) in [6.07, 6.45) is 5.07.